The molecule has 0 fully saturated rings. The van der Waals surface area contributed by atoms with Crippen LogP contribution in [0.25, 0.3) is 21.8 Å². The molecule has 3 aromatic rings. The molecule has 1 aromatic heterocycles. The van der Waals surface area contributed by atoms with Crippen molar-refractivity contribution < 1.29 is 19.1 Å². The number of hydrogen-bond acceptors (Lipinski definition) is 6. The SMILES string of the molecule is COCCNC(=O)CN1C(=O)C(C)Oc2ccc(-c3csc(-c4ccccc4)n3)cc21. The number of anilines is 1. The van der Waals surface area contributed by atoms with Gasteiger partial charge in [-0.15, -0.1) is 11.3 Å². The number of carbonyl (C=O) groups is 2. The Morgan fingerprint density at radius 1 is 1.23 bits per heavy atom. The standard InChI is InChI=1S/C23H23N3O4S/c1-15-23(28)26(13-21(27)24-10-11-29-2)19-12-17(8-9-20(19)30-15)18-14-31-22(25-18)16-6-4-3-5-7-16/h3-9,12,14-15H,10-11,13H2,1-2H3,(H,24,27). The summed E-state index contributed by atoms with van der Waals surface area (Å²) >= 11 is 1.56. The second-order valence-corrected chi connectivity index (χ2v) is 7.97. The molecule has 1 aliphatic heterocycles. The molecule has 7 nitrogen and oxygen atoms in total. The topological polar surface area (TPSA) is 80.8 Å². The molecule has 2 aromatic carbocycles. The van der Waals surface area contributed by atoms with Crippen LogP contribution >= 0.6 is 11.3 Å². The Balaban J connectivity index is 1.61. The van der Waals surface area contributed by atoms with Crippen molar-refractivity contribution in [1.29, 1.82) is 0 Å². The van der Waals surface area contributed by atoms with E-state index in [9.17, 15) is 9.59 Å². The highest BCUT2D eigenvalue weighted by Gasteiger charge is 2.33. The zero-order valence-corrected chi connectivity index (χ0v) is 18.1. The highest BCUT2D eigenvalue weighted by atomic mass is 32.1. The highest BCUT2D eigenvalue weighted by Crippen LogP contribution is 2.38. The summed E-state index contributed by atoms with van der Waals surface area (Å²) in [5.41, 5.74) is 3.28. The van der Waals surface area contributed by atoms with Gasteiger partial charge in [0, 0.05) is 30.2 Å². The molecule has 4 rings (SSSR count). The Morgan fingerprint density at radius 2 is 2.03 bits per heavy atom. The van der Waals surface area contributed by atoms with Crippen molar-refractivity contribution in [2.24, 2.45) is 0 Å². The first-order valence-corrected chi connectivity index (χ1v) is 10.8. The fourth-order valence-corrected chi connectivity index (χ4v) is 4.18. The second-order valence-electron chi connectivity index (χ2n) is 7.11. The quantitative estimate of drug-likeness (QED) is 0.574. The van der Waals surface area contributed by atoms with Crippen molar-refractivity contribution in [3.8, 4) is 27.6 Å². The number of hydrogen-bond donors (Lipinski definition) is 1. The summed E-state index contributed by atoms with van der Waals surface area (Å²) in [4.78, 5) is 31.3. The first-order valence-electron chi connectivity index (χ1n) is 9.96. The number of carbonyl (C=O) groups excluding carboxylic acids is 2. The van der Waals surface area contributed by atoms with Crippen molar-refractivity contribution in [3.63, 3.8) is 0 Å². The van der Waals surface area contributed by atoms with Gasteiger partial charge in [-0.25, -0.2) is 4.98 Å². The van der Waals surface area contributed by atoms with E-state index in [1.54, 1.807) is 25.4 Å². The van der Waals surface area contributed by atoms with Crippen molar-refractivity contribution in [3.05, 3.63) is 53.9 Å². The number of nitrogens with zero attached hydrogens (tertiary/aromatic N) is 2. The smallest absolute Gasteiger partial charge is 0.268 e. The van der Waals surface area contributed by atoms with Crippen LogP contribution < -0.4 is 15.0 Å². The highest BCUT2D eigenvalue weighted by molar-refractivity contribution is 7.13. The zero-order valence-electron chi connectivity index (χ0n) is 17.3. The van der Waals surface area contributed by atoms with E-state index in [4.69, 9.17) is 14.5 Å². The third-order valence-corrected chi connectivity index (χ3v) is 5.81. The van der Waals surface area contributed by atoms with Crippen molar-refractivity contribution in [2.75, 3.05) is 31.7 Å². The number of thiazole rings is 1. The van der Waals surface area contributed by atoms with E-state index in [-0.39, 0.29) is 18.4 Å². The van der Waals surface area contributed by atoms with E-state index in [0.29, 0.717) is 24.6 Å². The molecule has 0 spiro atoms. The zero-order chi connectivity index (χ0) is 21.8. The number of ether oxygens (including phenoxy) is 2. The monoisotopic (exact) mass is 437 g/mol. The van der Waals surface area contributed by atoms with Gasteiger partial charge < -0.3 is 14.8 Å². The Labute approximate surface area is 184 Å². The lowest BCUT2D eigenvalue weighted by Crippen LogP contribution is -2.49. The lowest BCUT2D eigenvalue weighted by atomic mass is 10.1. The molecule has 0 radical (unpaired) electrons. The molecule has 0 aliphatic carbocycles. The van der Waals surface area contributed by atoms with Crippen LogP contribution in [0.2, 0.25) is 0 Å². The van der Waals surface area contributed by atoms with Crippen LogP contribution in [0.3, 0.4) is 0 Å². The summed E-state index contributed by atoms with van der Waals surface area (Å²) in [5, 5.41) is 5.66. The predicted octanol–water partition coefficient (Wildman–Crippen LogP) is 3.35. The van der Waals surface area contributed by atoms with Gasteiger partial charge in [0.15, 0.2) is 6.10 Å². The number of aromatic nitrogens is 1. The van der Waals surface area contributed by atoms with E-state index >= 15 is 0 Å². The number of nitrogens with one attached hydrogen (secondary N) is 1. The Kier molecular flexibility index (Phi) is 6.29. The van der Waals surface area contributed by atoms with Gasteiger partial charge in [-0.1, -0.05) is 30.3 Å². The summed E-state index contributed by atoms with van der Waals surface area (Å²) in [5.74, 6) is 0.0599. The number of amides is 2. The van der Waals surface area contributed by atoms with E-state index < -0.39 is 6.10 Å². The number of rotatable bonds is 7. The van der Waals surface area contributed by atoms with Crippen molar-refractivity contribution >= 4 is 28.8 Å². The largest absolute Gasteiger partial charge is 0.479 e. The molecule has 31 heavy (non-hydrogen) atoms. The lowest BCUT2D eigenvalue weighted by Gasteiger charge is -2.32. The van der Waals surface area contributed by atoms with Crippen LogP contribution in [-0.2, 0) is 14.3 Å². The summed E-state index contributed by atoms with van der Waals surface area (Å²) in [6.07, 6.45) is -0.658. The Bertz CT molecular complexity index is 1080. The van der Waals surface area contributed by atoms with Gasteiger partial charge in [-0.2, -0.15) is 0 Å². The second kappa shape index (κ2) is 9.28. The van der Waals surface area contributed by atoms with Crippen LogP contribution in [0.1, 0.15) is 6.92 Å². The lowest BCUT2D eigenvalue weighted by molar-refractivity contribution is -0.128. The molecule has 160 valence electrons. The average Bonchev–Trinajstić information content (AvgIpc) is 3.28. The van der Waals surface area contributed by atoms with E-state index in [1.165, 1.54) is 4.90 Å². The van der Waals surface area contributed by atoms with Gasteiger partial charge in [0.25, 0.3) is 5.91 Å². The molecule has 2 amide bonds. The molecule has 8 heteroatoms. The first kappa shape index (κ1) is 21.0. The predicted molar refractivity (Wildman–Crippen MR) is 120 cm³/mol. The van der Waals surface area contributed by atoms with Gasteiger partial charge in [0.1, 0.15) is 17.3 Å². The molecule has 0 bridgehead atoms. The Hall–Kier alpha value is -3.23. The number of methoxy groups -OCH3 is 1. The van der Waals surface area contributed by atoms with Gasteiger partial charge in [0.2, 0.25) is 5.91 Å². The molecule has 1 N–H and O–H groups in total. The molecular formula is C23H23N3O4S. The minimum absolute atomic E-state index is 0.0843. The molecule has 0 saturated heterocycles. The molecular weight excluding hydrogens is 414 g/mol. The number of fused-ring (bicyclic) bond motifs is 1. The summed E-state index contributed by atoms with van der Waals surface area (Å²) in [7, 11) is 1.57. The van der Waals surface area contributed by atoms with E-state index in [2.05, 4.69) is 5.32 Å². The molecule has 0 saturated carbocycles. The molecule has 1 unspecified atom stereocenters. The van der Waals surface area contributed by atoms with Gasteiger partial charge in [-0.05, 0) is 25.1 Å². The maximum absolute atomic E-state index is 12.8. The van der Waals surface area contributed by atoms with Crippen LogP contribution in [0.15, 0.2) is 53.9 Å². The van der Waals surface area contributed by atoms with Gasteiger partial charge >= 0.3 is 0 Å². The summed E-state index contributed by atoms with van der Waals surface area (Å²) in [6.45, 7) is 2.39. The third kappa shape index (κ3) is 4.60. The van der Waals surface area contributed by atoms with E-state index in [1.807, 2.05) is 53.9 Å². The summed E-state index contributed by atoms with van der Waals surface area (Å²) < 4.78 is 10.7. The van der Waals surface area contributed by atoms with Crippen LogP contribution in [0.5, 0.6) is 5.75 Å². The minimum Gasteiger partial charge on any atom is -0.479 e. The maximum atomic E-state index is 12.8. The van der Waals surface area contributed by atoms with Crippen molar-refractivity contribution in [1.82, 2.24) is 10.3 Å². The van der Waals surface area contributed by atoms with E-state index in [0.717, 1.165) is 21.8 Å². The summed E-state index contributed by atoms with van der Waals surface area (Å²) in [6, 6.07) is 15.6. The molecule has 2 heterocycles. The fraction of sp³-hybridized carbons (Fsp3) is 0.261. The van der Waals surface area contributed by atoms with Crippen molar-refractivity contribution in [2.45, 2.75) is 13.0 Å². The number of benzene rings is 2. The third-order valence-electron chi connectivity index (χ3n) is 4.92. The average molecular weight is 438 g/mol. The van der Waals surface area contributed by atoms with Gasteiger partial charge in [-0.3, -0.25) is 14.5 Å². The first-order chi connectivity index (χ1) is 15.1. The van der Waals surface area contributed by atoms with Crippen LogP contribution in [-0.4, -0.2) is 49.7 Å². The van der Waals surface area contributed by atoms with Gasteiger partial charge in [0.05, 0.1) is 18.0 Å². The Morgan fingerprint density at radius 3 is 2.81 bits per heavy atom. The molecule has 1 atom stereocenters. The normalized spacial score (nSPS) is 15.4. The molecule has 1 aliphatic rings. The maximum Gasteiger partial charge on any atom is 0.268 e. The van der Waals surface area contributed by atoms with Crippen LogP contribution in [0, 0.1) is 0 Å². The minimum atomic E-state index is -0.658. The fourth-order valence-electron chi connectivity index (χ4n) is 3.34. The van der Waals surface area contributed by atoms with Crippen LogP contribution in [0.4, 0.5) is 5.69 Å².